The number of nitrogens with zero attached hydrogens (tertiary/aromatic N) is 2. The number of carboxylic acids is 2. The summed E-state index contributed by atoms with van der Waals surface area (Å²) in [6.45, 7) is 14.1. The SMILES string of the molecule is CCC(C)[C@@H]1NC(=O)[C@@H](CCCN)NC(=O)[C@@H](NC(=O)[C@@H](NC(=O)[C@@H](CCC(=O)[O-])NC(=O)[C@H](CC(C)C)NC(=O)C2CN=C([C@H](N)C(C)CC)S2)C(C)CC)CCCCNC(=O)[C@H](CC(N)=O)NC(=O)[C@@H](CC(=O)[O-])NC(=O)[C@H](Cc2cnc[nH]2)NC(=O)[C@H](Cc2ccccc2)NC1=O.[Zn+2]. The number of rotatable bonds is 31. The number of hydrogen-bond donors (Lipinski definition) is 15. The Hall–Kier alpha value is -8.43. The van der Waals surface area contributed by atoms with E-state index in [-0.39, 0.29) is 121 Å². The second kappa shape index (κ2) is 44.1. The third kappa shape index (κ3) is 29.2. The molecule has 1 saturated heterocycles. The number of nitrogens with one attached hydrogen (secondary N) is 12. The number of aliphatic imine (C=N–C) groups is 1. The van der Waals surface area contributed by atoms with E-state index in [1.54, 1.807) is 71.9 Å². The van der Waals surface area contributed by atoms with Crippen LogP contribution in [-0.4, -0.2) is 189 Å². The number of hydrogen-bond acceptors (Lipinski definition) is 21. The number of benzene rings is 1. The van der Waals surface area contributed by atoms with Crippen LogP contribution in [0.4, 0.5) is 0 Å². The van der Waals surface area contributed by atoms with Gasteiger partial charge < -0.3 is 100 Å². The average Bonchev–Trinajstić information content (AvgIpc) is 1.74. The Labute approximate surface area is 605 Å². The van der Waals surface area contributed by atoms with Gasteiger partial charge in [0.1, 0.15) is 65.7 Å². The Balaban J connectivity index is 0.0000265. The van der Waals surface area contributed by atoms with Gasteiger partial charge in [-0.05, 0) is 87.1 Å². The van der Waals surface area contributed by atoms with Crippen molar-refractivity contribution in [1.82, 2.24) is 68.5 Å². The number of carbonyl (C=O) groups is 14. The number of amides is 12. The van der Waals surface area contributed by atoms with Crippen LogP contribution in [0.3, 0.4) is 0 Å². The van der Waals surface area contributed by atoms with Gasteiger partial charge in [0.05, 0.1) is 30.4 Å². The molecule has 18 N–H and O–H groups in total. The summed E-state index contributed by atoms with van der Waals surface area (Å²) in [4.78, 5) is 206. The number of aliphatic carboxylic acids is 2. The fourth-order valence-corrected chi connectivity index (χ4v) is 12.0. The molecule has 33 nitrogen and oxygen atoms in total. The second-order valence-electron chi connectivity index (χ2n) is 25.9. The smallest absolute Gasteiger partial charge is 0.550 e. The van der Waals surface area contributed by atoms with Gasteiger partial charge in [0.25, 0.3) is 0 Å². The maximum absolute atomic E-state index is 14.9. The van der Waals surface area contributed by atoms with Crippen LogP contribution in [0.5, 0.6) is 0 Å². The van der Waals surface area contributed by atoms with Crippen LogP contribution in [-0.2, 0) is 99.4 Å². The van der Waals surface area contributed by atoms with E-state index >= 15 is 0 Å². The summed E-state index contributed by atoms with van der Waals surface area (Å²) in [5.41, 5.74) is 18.7. The maximum atomic E-state index is 14.9. The van der Waals surface area contributed by atoms with E-state index in [2.05, 4.69) is 73.4 Å². The van der Waals surface area contributed by atoms with Crippen molar-refractivity contribution in [3.63, 3.8) is 0 Å². The fourth-order valence-electron chi connectivity index (χ4n) is 10.8. The molecular formula is C66H101N17O16SZn. The molecule has 15 atom stereocenters. The summed E-state index contributed by atoms with van der Waals surface area (Å²) in [7, 11) is 0. The van der Waals surface area contributed by atoms with Crippen molar-refractivity contribution in [1.29, 1.82) is 0 Å². The van der Waals surface area contributed by atoms with Crippen molar-refractivity contribution >= 4 is 99.6 Å². The van der Waals surface area contributed by atoms with E-state index in [1.807, 2.05) is 13.8 Å². The number of thioether (sulfide) groups is 1. The molecule has 2 aliphatic heterocycles. The van der Waals surface area contributed by atoms with Crippen LogP contribution in [0.25, 0.3) is 0 Å². The molecule has 4 rings (SSSR count). The van der Waals surface area contributed by atoms with Crippen molar-refractivity contribution in [2.75, 3.05) is 19.6 Å². The zero-order valence-corrected chi connectivity index (χ0v) is 62.6. The molecule has 0 radical (unpaired) electrons. The van der Waals surface area contributed by atoms with E-state index in [9.17, 15) is 77.3 Å². The predicted octanol–water partition coefficient (Wildman–Crippen LogP) is -4.35. The molecule has 0 aliphatic carbocycles. The molecular weight excluding hydrogens is 1380 g/mol. The topological polar surface area (TPSA) is 537 Å². The summed E-state index contributed by atoms with van der Waals surface area (Å²) >= 11 is 1.19. The quantitative estimate of drug-likeness (QED) is 0.0317. The largest absolute Gasteiger partial charge is 2.00 e. The summed E-state index contributed by atoms with van der Waals surface area (Å²) in [5.74, 6) is -16.4. The van der Waals surface area contributed by atoms with Gasteiger partial charge in [-0.3, -0.25) is 62.5 Å². The Morgan fingerprint density at radius 1 is 0.663 bits per heavy atom. The zero-order valence-electron chi connectivity index (χ0n) is 58.8. The van der Waals surface area contributed by atoms with E-state index in [4.69, 9.17) is 17.2 Å². The van der Waals surface area contributed by atoms with Gasteiger partial charge in [-0.15, -0.1) is 0 Å². The van der Waals surface area contributed by atoms with Crippen LogP contribution >= 0.6 is 11.8 Å². The number of carbonyl (C=O) groups excluding carboxylic acids is 14. The van der Waals surface area contributed by atoms with Gasteiger partial charge in [0, 0.05) is 49.6 Å². The minimum atomic E-state index is -2.01. The number of imidazole rings is 1. The zero-order chi connectivity index (χ0) is 74.3. The first kappa shape index (κ1) is 86.8. The number of H-pyrrole nitrogens is 1. The van der Waals surface area contributed by atoms with Gasteiger partial charge in [0.2, 0.25) is 70.9 Å². The van der Waals surface area contributed by atoms with Crippen molar-refractivity contribution in [3.05, 3.63) is 54.1 Å². The molecule has 1 aromatic heterocycles. The van der Waals surface area contributed by atoms with Crippen molar-refractivity contribution < 1.29 is 96.8 Å². The normalized spacial score (nSPS) is 22.9. The number of nitrogens with two attached hydrogens (primary N) is 3. The third-order valence-electron chi connectivity index (χ3n) is 17.5. The summed E-state index contributed by atoms with van der Waals surface area (Å²) in [5, 5.41) is 52.5. The number of carboxylic acid groups (broad SMARTS) is 2. The van der Waals surface area contributed by atoms with Gasteiger partial charge >= 0.3 is 19.5 Å². The standard InChI is InChI=1S/C66H103N17O16S.Zn/c1-9-35(6)52(69)66-72-32-48(100-66)63(97)80-43(26-34(4)5)59(93)75-42(22-23-50(85)86)58(92)83-53(36(7)10-2)64(98)76-40-20-15-16-25-71-55(89)46(29-49(68)84)78-62(96)47(30-51(87)88)79-61(95)45(28-39-31-70-33-73-39)77-60(94)44(27-38-18-13-12-14-19-38)81-65(99)54(37(8)11-3)82-57(91)41(21-17-24-67)74-56(40)90;/h12-14,18-19,31,33-37,40-48,52-54H,9-11,15-17,20-30,32,67,69H2,1-8H3,(H2,68,84)(H,70,73)(H,71,89)(H,74,90)(H,75,93)(H,76,98)(H,77,94)(H,78,96)(H,79,95)(H,80,97)(H,81,99)(H,82,91)(H,83,92)(H,85,86)(H,87,88);/q;+2/p-2/t35?,36?,37?,40-,41+,42+,43-,44-,45-,46-,47+,48?,52+,53-,54-;/m0./s1. The van der Waals surface area contributed by atoms with Gasteiger partial charge in [-0.25, -0.2) is 4.98 Å². The molecule has 0 saturated carbocycles. The minimum absolute atomic E-state index is 0. The average molecular weight is 1490 g/mol. The molecule has 0 spiro atoms. The molecule has 554 valence electrons. The summed E-state index contributed by atoms with van der Waals surface area (Å²) in [6.07, 6.45) is -0.0657. The van der Waals surface area contributed by atoms with Crippen molar-refractivity contribution in [3.8, 4) is 0 Å². The molecule has 0 bridgehead atoms. The van der Waals surface area contributed by atoms with E-state index in [1.165, 1.54) is 24.3 Å². The monoisotopic (exact) mass is 1480 g/mol. The number of aromatic nitrogens is 2. The molecule has 101 heavy (non-hydrogen) atoms. The number of primary amides is 1. The van der Waals surface area contributed by atoms with Crippen molar-refractivity contribution in [2.45, 2.75) is 223 Å². The summed E-state index contributed by atoms with van der Waals surface area (Å²) < 4.78 is 0. The van der Waals surface area contributed by atoms with E-state index in [0.29, 0.717) is 10.6 Å². The second-order valence-corrected chi connectivity index (χ2v) is 27.1. The van der Waals surface area contributed by atoms with E-state index in [0.717, 1.165) is 6.42 Å². The molecule has 12 amide bonds. The summed E-state index contributed by atoms with van der Waals surface area (Å²) in [6, 6.07) is -7.73. The van der Waals surface area contributed by atoms with Crippen LogP contribution in [0, 0.1) is 23.7 Å². The first-order valence-corrected chi connectivity index (χ1v) is 34.9. The van der Waals surface area contributed by atoms with Crippen LogP contribution in [0.1, 0.15) is 150 Å². The molecule has 35 heteroatoms. The van der Waals surface area contributed by atoms with Gasteiger partial charge in [-0.1, -0.05) is 117 Å². The minimum Gasteiger partial charge on any atom is -0.550 e. The first-order chi connectivity index (χ1) is 47.4. The van der Waals surface area contributed by atoms with Gasteiger partial charge in [-0.2, -0.15) is 0 Å². The van der Waals surface area contributed by atoms with Crippen molar-refractivity contribution in [2.24, 2.45) is 45.9 Å². The maximum Gasteiger partial charge on any atom is 2.00 e. The molecule has 1 aromatic carbocycles. The van der Waals surface area contributed by atoms with Crippen LogP contribution < -0.4 is 85.9 Å². The molecule has 3 heterocycles. The van der Waals surface area contributed by atoms with E-state index < -0.39 is 192 Å². The molecule has 2 aromatic rings. The van der Waals surface area contributed by atoms with Crippen LogP contribution in [0.15, 0.2) is 47.8 Å². The van der Waals surface area contributed by atoms with Gasteiger partial charge in [0.15, 0.2) is 0 Å². The fraction of sp³-hybridized carbons (Fsp3) is 0.636. The Morgan fingerprint density at radius 3 is 1.84 bits per heavy atom. The molecule has 2 aliphatic rings. The van der Waals surface area contributed by atoms with Crippen LogP contribution in [0.2, 0.25) is 0 Å². The Kier molecular flexibility index (Phi) is 37.9. The Morgan fingerprint density at radius 2 is 1.26 bits per heavy atom. The first-order valence-electron chi connectivity index (χ1n) is 34.1. The molecule has 4 unspecified atom stereocenters. The predicted molar refractivity (Wildman–Crippen MR) is 364 cm³/mol. The Bertz CT molecular complexity index is 3170. The molecule has 1 fully saturated rings. The third-order valence-corrected chi connectivity index (χ3v) is 18.7. The number of aromatic amines is 1.